The van der Waals surface area contributed by atoms with Crippen LogP contribution in [0.2, 0.25) is 0 Å². The number of hydrogen-bond donors (Lipinski definition) is 0. The van der Waals surface area contributed by atoms with E-state index in [0.717, 1.165) is 5.70 Å². The van der Waals surface area contributed by atoms with Crippen LogP contribution in [-0.4, -0.2) is 6.21 Å². The van der Waals surface area contributed by atoms with Gasteiger partial charge in [0.2, 0.25) is 0 Å². The number of allylic oxidation sites excluding steroid dienone is 3. The molecule has 1 aromatic carbocycles. The Kier molecular flexibility index (Phi) is 1.78. The van der Waals surface area contributed by atoms with Crippen molar-refractivity contribution in [2.75, 3.05) is 4.90 Å². The highest BCUT2D eigenvalue weighted by atomic mass is 15.1. The molecule has 2 aliphatic rings. The fourth-order valence-corrected chi connectivity index (χ4v) is 1.81. The van der Waals surface area contributed by atoms with Crippen LogP contribution >= 0.6 is 0 Å². The molecule has 0 saturated heterocycles. The summed E-state index contributed by atoms with van der Waals surface area (Å²) in [6.45, 7) is 0. The zero-order valence-electron chi connectivity index (χ0n) is 8.17. The molecule has 0 aliphatic carbocycles. The molecule has 72 valence electrons. The lowest BCUT2D eigenvalue weighted by Gasteiger charge is -2.23. The van der Waals surface area contributed by atoms with Gasteiger partial charge in [0.05, 0.1) is 17.6 Å². The maximum Gasteiger partial charge on any atom is 0.0639 e. The van der Waals surface area contributed by atoms with Crippen molar-refractivity contribution in [1.29, 1.82) is 0 Å². The predicted molar refractivity (Wildman–Crippen MR) is 63.7 cm³/mol. The van der Waals surface area contributed by atoms with E-state index in [0.29, 0.717) is 0 Å². The third kappa shape index (κ3) is 1.31. The lowest BCUT2D eigenvalue weighted by atomic mass is 10.1. The van der Waals surface area contributed by atoms with Crippen LogP contribution in [0.5, 0.6) is 0 Å². The van der Waals surface area contributed by atoms with Gasteiger partial charge in [0.25, 0.3) is 0 Å². The van der Waals surface area contributed by atoms with Crippen LogP contribution in [0.3, 0.4) is 0 Å². The average molecular weight is 194 g/mol. The summed E-state index contributed by atoms with van der Waals surface area (Å²) in [6, 6.07) is 8.33. The third-order valence-corrected chi connectivity index (χ3v) is 2.53. The minimum atomic E-state index is 1.10. The van der Waals surface area contributed by atoms with Crippen LogP contribution in [0.4, 0.5) is 5.69 Å². The first-order valence-corrected chi connectivity index (χ1v) is 4.92. The van der Waals surface area contributed by atoms with Gasteiger partial charge in [0.1, 0.15) is 0 Å². The molecule has 0 unspecified atom stereocenters. The average Bonchev–Trinajstić information content (AvgIpc) is 2.48. The van der Waals surface area contributed by atoms with Crippen molar-refractivity contribution in [2.24, 2.45) is 4.99 Å². The highest BCUT2D eigenvalue weighted by Crippen LogP contribution is 2.28. The molecule has 0 fully saturated rings. The second-order valence-corrected chi connectivity index (χ2v) is 3.46. The fraction of sp³-hybridized carbons (Fsp3) is 0. The lowest BCUT2D eigenvalue weighted by Crippen LogP contribution is -2.18. The van der Waals surface area contributed by atoms with Gasteiger partial charge in [0.15, 0.2) is 0 Å². The number of aliphatic imine (C=N–C) groups is 1. The van der Waals surface area contributed by atoms with Crippen molar-refractivity contribution in [1.82, 2.24) is 0 Å². The molecule has 0 bridgehead atoms. The van der Waals surface area contributed by atoms with Crippen molar-refractivity contribution in [2.45, 2.75) is 0 Å². The first kappa shape index (κ1) is 8.24. The topological polar surface area (TPSA) is 15.6 Å². The molecule has 0 aromatic heterocycles. The maximum absolute atomic E-state index is 4.13. The molecule has 2 nitrogen and oxygen atoms in total. The number of hydrogen-bond acceptors (Lipinski definition) is 2. The Hall–Kier alpha value is -2.09. The van der Waals surface area contributed by atoms with Crippen molar-refractivity contribution in [3.05, 3.63) is 60.1 Å². The minimum Gasteiger partial charge on any atom is -0.314 e. The number of benzene rings is 1. The fourth-order valence-electron chi connectivity index (χ4n) is 1.81. The third-order valence-electron chi connectivity index (χ3n) is 2.53. The summed E-state index contributed by atoms with van der Waals surface area (Å²) < 4.78 is 0. The van der Waals surface area contributed by atoms with Crippen LogP contribution in [0.15, 0.2) is 59.5 Å². The molecule has 1 aromatic rings. The minimum absolute atomic E-state index is 1.10. The standard InChI is InChI=1S/C13H10N2/c1-2-7-13-11(4-1)5-3-6-12-10-14-8-9-15(12)13/h1-10H. The van der Waals surface area contributed by atoms with Crippen LogP contribution in [-0.2, 0) is 0 Å². The summed E-state index contributed by atoms with van der Waals surface area (Å²) >= 11 is 0. The smallest absolute Gasteiger partial charge is 0.0639 e. The number of anilines is 1. The van der Waals surface area contributed by atoms with E-state index in [1.807, 2.05) is 12.4 Å². The Balaban J connectivity index is 2.20. The summed E-state index contributed by atoms with van der Waals surface area (Å²) in [5.41, 5.74) is 3.52. The molecule has 2 heterocycles. The van der Waals surface area contributed by atoms with Crippen molar-refractivity contribution in [3.63, 3.8) is 0 Å². The summed E-state index contributed by atoms with van der Waals surface area (Å²) in [6.07, 6.45) is 11.9. The van der Waals surface area contributed by atoms with Crippen LogP contribution < -0.4 is 4.90 Å². The molecule has 0 spiro atoms. The number of fused-ring (bicyclic) bond motifs is 3. The Morgan fingerprint density at radius 3 is 3.07 bits per heavy atom. The summed E-state index contributed by atoms with van der Waals surface area (Å²) in [5.74, 6) is 0. The lowest BCUT2D eigenvalue weighted by molar-refractivity contribution is 1.20. The second-order valence-electron chi connectivity index (χ2n) is 3.46. The number of nitrogens with zero attached hydrogens (tertiary/aromatic N) is 2. The van der Waals surface area contributed by atoms with Gasteiger partial charge in [-0.1, -0.05) is 30.4 Å². The molecular formula is C13H10N2. The Morgan fingerprint density at radius 2 is 2.07 bits per heavy atom. The Bertz CT molecular complexity index is 507. The number of rotatable bonds is 0. The second kappa shape index (κ2) is 3.24. The molecule has 0 N–H and O–H groups in total. The van der Waals surface area contributed by atoms with Gasteiger partial charge in [-0.25, -0.2) is 0 Å². The van der Waals surface area contributed by atoms with E-state index in [1.54, 1.807) is 6.20 Å². The largest absolute Gasteiger partial charge is 0.314 e. The predicted octanol–water partition coefficient (Wildman–Crippen LogP) is 2.96. The highest BCUT2D eigenvalue weighted by molar-refractivity contribution is 5.90. The molecule has 0 radical (unpaired) electrons. The molecule has 0 amide bonds. The molecule has 3 rings (SSSR count). The summed E-state index contributed by atoms with van der Waals surface area (Å²) in [4.78, 5) is 6.27. The monoisotopic (exact) mass is 194 g/mol. The van der Waals surface area contributed by atoms with Crippen molar-refractivity contribution in [3.8, 4) is 0 Å². The SMILES string of the molecule is C1=Cc2ccccc2N2C=CN=CC2=C1. The van der Waals surface area contributed by atoms with Crippen LogP contribution in [0.25, 0.3) is 6.08 Å². The first-order chi connectivity index (χ1) is 7.45. The van der Waals surface area contributed by atoms with Crippen molar-refractivity contribution < 1.29 is 0 Å². The van der Waals surface area contributed by atoms with E-state index in [1.165, 1.54) is 11.3 Å². The van der Waals surface area contributed by atoms with E-state index in [2.05, 4.69) is 52.4 Å². The van der Waals surface area contributed by atoms with Crippen molar-refractivity contribution >= 4 is 18.0 Å². The summed E-state index contributed by atoms with van der Waals surface area (Å²) in [7, 11) is 0. The molecular weight excluding hydrogens is 184 g/mol. The zero-order chi connectivity index (χ0) is 10.1. The van der Waals surface area contributed by atoms with E-state index < -0.39 is 0 Å². The van der Waals surface area contributed by atoms with Gasteiger partial charge in [-0.3, -0.25) is 4.99 Å². The van der Waals surface area contributed by atoms with E-state index >= 15 is 0 Å². The highest BCUT2D eigenvalue weighted by Gasteiger charge is 2.13. The van der Waals surface area contributed by atoms with E-state index in [4.69, 9.17) is 0 Å². The van der Waals surface area contributed by atoms with Gasteiger partial charge in [-0.05, 0) is 17.7 Å². The Labute approximate surface area is 88.6 Å². The van der Waals surface area contributed by atoms with Gasteiger partial charge in [-0.15, -0.1) is 0 Å². The van der Waals surface area contributed by atoms with Crippen LogP contribution in [0, 0.1) is 0 Å². The first-order valence-electron chi connectivity index (χ1n) is 4.92. The normalized spacial score (nSPS) is 16.8. The summed E-state index contributed by atoms with van der Waals surface area (Å²) in [5, 5.41) is 0. The van der Waals surface area contributed by atoms with E-state index in [9.17, 15) is 0 Å². The zero-order valence-corrected chi connectivity index (χ0v) is 8.17. The number of para-hydroxylation sites is 1. The molecule has 0 atom stereocenters. The maximum atomic E-state index is 4.13. The van der Waals surface area contributed by atoms with Gasteiger partial charge < -0.3 is 4.90 Å². The van der Waals surface area contributed by atoms with Gasteiger partial charge in [0, 0.05) is 12.4 Å². The van der Waals surface area contributed by atoms with E-state index in [-0.39, 0.29) is 0 Å². The van der Waals surface area contributed by atoms with Gasteiger partial charge in [-0.2, -0.15) is 0 Å². The van der Waals surface area contributed by atoms with Gasteiger partial charge >= 0.3 is 0 Å². The Morgan fingerprint density at radius 1 is 1.13 bits per heavy atom. The molecule has 15 heavy (non-hydrogen) atoms. The van der Waals surface area contributed by atoms with Crippen LogP contribution in [0.1, 0.15) is 5.56 Å². The molecule has 2 heteroatoms. The molecule has 0 saturated carbocycles. The molecule has 2 aliphatic heterocycles. The quantitative estimate of drug-likeness (QED) is 0.620.